The van der Waals surface area contributed by atoms with E-state index in [4.69, 9.17) is 0 Å². The molecule has 0 radical (unpaired) electrons. The molecule has 0 aliphatic rings. The van der Waals surface area contributed by atoms with Gasteiger partial charge < -0.3 is 4.99 Å². The van der Waals surface area contributed by atoms with Gasteiger partial charge in [0.25, 0.3) is 0 Å². The van der Waals surface area contributed by atoms with Crippen molar-refractivity contribution in [2.24, 2.45) is 21.8 Å². The highest BCUT2D eigenvalue weighted by molar-refractivity contribution is 5.68. The van der Waals surface area contributed by atoms with E-state index < -0.39 is 0 Å². The third-order valence-electron chi connectivity index (χ3n) is 2.58. The van der Waals surface area contributed by atoms with Gasteiger partial charge in [-0.1, -0.05) is 45.4 Å². The quantitative estimate of drug-likeness (QED) is 0.667. The number of aliphatic imine (C=N–C) groups is 2. The number of rotatable bonds is 3. The lowest BCUT2D eigenvalue weighted by Crippen LogP contribution is -1.89. The van der Waals surface area contributed by atoms with Crippen LogP contribution in [0.15, 0.2) is 22.1 Å². The third-order valence-corrected chi connectivity index (χ3v) is 2.58. The lowest BCUT2D eigenvalue weighted by atomic mass is 10.1. The first-order chi connectivity index (χ1) is 9.27. The Kier molecular flexibility index (Phi) is 8.78. The first kappa shape index (κ1) is 18.6. The molecule has 0 aromatic heterocycles. The molecule has 0 aliphatic heterocycles. The second-order valence-corrected chi connectivity index (χ2v) is 5.92. The lowest BCUT2D eigenvalue weighted by Gasteiger charge is -2.06. The number of hydrogen-bond donors (Lipinski definition) is 0. The second kappa shape index (κ2) is 9.46. The van der Waals surface area contributed by atoms with Gasteiger partial charge in [-0.05, 0) is 43.7 Å². The van der Waals surface area contributed by atoms with Gasteiger partial charge >= 0.3 is 0 Å². The molecule has 1 aromatic rings. The van der Waals surface area contributed by atoms with E-state index in [2.05, 4.69) is 70.6 Å². The summed E-state index contributed by atoms with van der Waals surface area (Å²) in [5, 5.41) is 0. The van der Waals surface area contributed by atoms with Crippen LogP contribution >= 0.6 is 0 Å². The SMILES string of the molecule is CN=CC(C)C.Cc1cc(C)c(N=CC(C)C)c(C)c1. The monoisotopic (exact) mass is 274 g/mol. The van der Waals surface area contributed by atoms with Crippen LogP contribution in [0.1, 0.15) is 44.4 Å². The average molecular weight is 274 g/mol. The maximum absolute atomic E-state index is 4.52. The summed E-state index contributed by atoms with van der Waals surface area (Å²) in [5.41, 5.74) is 4.96. The Morgan fingerprint density at radius 1 is 0.850 bits per heavy atom. The molecule has 0 N–H and O–H groups in total. The van der Waals surface area contributed by atoms with Gasteiger partial charge in [-0.15, -0.1) is 0 Å². The van der Waals surface area contributed by atoms with Crippen molar-refractivity contribution < 1.29 is 0 Å². The largest absolute Gasteiger partial charge is 0.301 e. The Bertz CT molecular complexity index is 431. The Balaban J connectivity index is 0.000000511. The van der Waals surface area contributed by atoms with E-state index >= 15 is 0 Å². The molecule has 0 bridgehead atoms. The smallest absolute Gasteiger partial charge is 0.0684 e. The summed E-state index contributed by atoms with van der Waals surface area (Å²) in [6, 6.07) is 4.36. The van der Waals surface area contributed by atoms with Crippen LogP contribution in [0.5, 0.6) is 0 Å². The maximum atomic E-state index is 4.52. The molecule has 0 saturated carbocycles. The minimum Gasteiger partial charge on any atom is -0.301 e. The normalized spacial score (nSPS) is 11.5. The van der Waals surface area contributed by atoms with Gasteiger partial charge in [0.05, 0.1) is 5.69 Å². The summed E-state index contributed by atoms with van der Waals surface area (Å²) in [5.74, 6) is 1.12. The molecule has 0 spiro atoms. The highest BCUT2D eigenvalue weighted by atomic mass is 14.7. The summed E-state index contributed by atoms with van der Waals surface area (Å²) >= 11 is 0. The maximum Gasteiger partial charge on any atom is 0.0684 e. The minimum atomic E-state index is 0.509. The van der Waals surface area contributed by atoms with Gasteiger partial charge in [0.2, 0.25) is 0 Å². The first-order valence-electron chi connectivity index (χ1n) is 7.32. The van der Waals surface area contributed by atoms with Crippen molar-refractivity contribution in [2.45, 2.75) is 48.5 Å². The Labute approximate surface area is 125 Å². The summed E-state index contributed by atoms with van der Waals surface area (Å²) in [6.07, 6.45) is 3.92. The van der Waals surface area contributed by atoms with Crippen LogP contribution in [0, 0.1) is 32.6 Å². The molecular weight excluding hydrogens is 244 g/mol. The summed E-state index contributed by atoms with van der Waals surface area (Å²) in [6.45, 7) is 14.8. The van der Waals surface area contributed by atoms with E-state index in [0.717, 1.165) is 5.69 Å². The molecule has 0 amide bonds. The first-order valence-corrected chi connectivity index (χ1v) is 7.32. The Morgan fingerprint density at radius 3 is 1.60 bits per heavy atom. The zero-order chi connectivity index (χ0) is 15.7. The molecule has 2 heteroatoms. The number of aryl methyl sites for hydroxylation is 3. The van der Waals surface area contributed by atoms with Gasteiger partial charge in [0.15, 0.2) is 0 Å². The number of hydrogen-bond acceptors (Lipinski definition) is 2. The van der Waals surface area contributed by atoms with E-state index in [1.54, 1.807) is 7.05 Å². The zero-order valence-electron chi connectivity index (χ0n) is 14.4. The molecule has 1 aromatic carbocycles. The van der Waals surface area contributed by atoms with E-state index in [1.165, 1.54) is 16.7 Å². The molecule has 0 unspecified atom stereocenters. The molecular formula is C18H30N2. The van der Waals surface area contributed by atoms with Crippen molar-refractivity contribution in [2.75, 3.05) is 7.05 Å². The standard InChI is InChI=1S/C13H19N.C5H11N/c1-9(2)8-14-13-11(4)6-10(3)7-12(13)5;1-5(2)4-6-3/h6-9H,1-5H3;4-5H,1-3H3. The van der Waals surface area contributed by atoms with Crippen LogP contribution in [-0.2, 0) is 0 Å². The molecule has 0 aliphatic carbocycles. The van der Waals surface area contributed by atoms with E-state index in [0.29, 0.717) is 11.8 Å². The summed E-state index contributed by atoms with van der Waals surface area (Å²) in [4.78, 5) is 8.33. The molecule has 20 heavy (non-hydrogen) atoms. The van der Waals surface area contributed by atoms with Crippen molar-refractivity contribution in [3.05, 3.63) is 28.8 Å². The van der Waals surface area contributed by atoms with E-state index in [9.17, 15) is 0 Å². The predicted molar refractivity (Wildman–Crippen MR) is 92.9 cm³/mol. The predicted octanol–water partition coefficient (Wildman–Crippen LogP) is 5.31. The molecule has 0 fully saturated rings. The molecule has 2 nitrogen and oxygen atoms in total. The fraction of sp³-hybridized carbons (Fsp3) is 0.556. The van der Waals surface area contributed by atoms with Gasteiger partial charge in [-0.2, -0.15) is 0 Å². The molecule has 0 saturated heterocycles. The van der Waals surface area contributed by atoms with Crippen molar-refractivity contribution in [3.8, 4) is 0 Å². The number of nitrogens with zero attached hydrogens (tertiary/aromatic N) is 2. The second-order valence-electron chi connectivity index (χ2n) is 5.92. The van der Waals surface area contributed by atoms with E-state index in [1.807, 2.05) is 12.4 Å². The third kappa shape index (κ3) is 7.88. The van der Waals surface area contributed by atoms with Crippen molar-refractivity contribution in [3.63, 3.8) is 0 Å². The highest BCUT2D eigenvalue weighted by Gasteiger charge is 2.01. The summed E-state index contributed by atoms with van der Waals surface area (Å²) in [7, 11) is 1.79. The Hall–Kier alpha value is -1.44. The number of benzene rings is 1. The average Bonchev–Trinajstić information content (AvgIpc) is 2.27. The van der Waals surface area contributed by atoms with Crippen molar-refractivity contribution in [1.82, 2.24) is 0 Å². The molecule has 0 atom stereocenters. The van der Waals surface area contributed by atoms with Crippen LogP contribution in [-0.4, -0.2) is 19.5 Å². The highest BCUT2D eigenvalue weighted by Crippen LogP contribution is 2.24. The fourth-order valence-electron chi connectivity index (χ4n) is 1.90. The van der Waals surface area contributed by atoms with Gasteiger partial charge in [-0.3, -0.25) is 4.99 Å². The lowest BCUT2D eigenvalue weighted by molar-refractivity contribution is 0.905. The van der Waals surface area contributed by atoms with Crippen molar-refractivity contribution >= 4 is 18.1 Å². The van der Waals surface area contributed by atoms with Crippen LogP contribution in [0.3, 0.4) is 0 Å². The van der Waals surface area contributed by atoms with Crippen LogP contribution in [0.4, 0.5) is 5.69 Å². The zero-order valence-corrected chi connectivity index (χ0v) is 14.4. The molecule has 112 valence electrons. The van der Waals surface area contributed by atoms with E-state index in [-0.39, 0.29) is 0 Å². The molecule has 0 heterocycles. The van der Waals surface area contributed by atoms with Gasteiger partial charge in [0.1, 0.15) is 0 Å². The van der Waals surface area contributed by atoms with Crippen LogP contribution in [0.2, 0.25) is 0 Å². The minimum absolute atomic E-state index is 0.509. The summed E-state index contributed by atoms with van der Waals surface area (Å²) < 4.78 is 0. The van der Waals surface area contributed by atoms with Gasteiger partial charge in [-0.25, -0.2) is 0 Å². The Morgan fingerprint density at radius 2 is 1.30 bits per heavy atom. The van der Waals surface area contributed by atoms with Crippen molar-refractivity contribution in [1.29, 1.82) is 0 Å². The fourth-order valence-corrected chi connectivity index (χ4v) is 1.90. The molecule has 1 rings (SSSR count). The van der Waals surface area contributed by atoms with Crippen LogP contribution < -0.4 is 0 Å². The topological polar surface area (TPSA) is 24.7 Å². The van der Waals surface area contributed by atoms with Gasteiger partial charge in [0, 0.05) is 19.5 Å². The van der Waals surface area contributed by atoms with Crippen LogP contribution in [0.25, 0.3) is 0 Å².